The molecule has 2 fully saturated rings. The number of carbonyl (C=O) groups is 1. The molecule has 0 radical (unpaired) electrons. The lowest BCUT2D eigenvalue weighted by molar-refractivity contribution is -0.134. The van der Waals surface area contributed by atoms with E-state index in [1.165, 1.54) is 44.1 Å². The van der Waals surface area contributed by atoms with Crippen molar-refractivity contribution in [3.63, 3.8) is 0 Å². The summed E-state index contributed by atoms with van der Waals surface area (Å²) in [4.78, 5) is 18.8. The van der Waals surface area contributed by atoms with Crippen molar-refractivity contribution in [2.45, 2.75) is 50.3 Å². The van der Waals surface area contributed by atoms with Gasteiger partial charge in [0.2, 0.25) is 5.91 Å². The molecule has 1 amide bonds. The third kappa shape index (κ3) is 3.79. The standard InChI is InChI=1S/C17H24N2OS/c20-17(13-21-12-14-5-3-9-18-11-14)19-10-4-7-15-6-1-2-8-16(15)19/h3,5,9,11,15-16H,1-2,4,6-8,10,12-13H2/t15-,16+/m0/s1. The maximum atomic E-state index is 12.5. The van der Waals surface area contributed by atoms with Crippen molar-refractivity contribution < 1.29 is 4.79 Å². The van der Waals surface area contributed by atoms with Gasteiger partial charge in [-0.3, -0.25) is 9.78 Å². The van der Waals surface area contributed by atoms with Gasteiger partial charge in [-0.05, 0) is 43.2 Å². The number of hydrogen-bond donors (Lipinski definition) is 0. The van der Waals surface area contributed by atoms with Crippen LogP contribution in [0.15, 0.2) is 24.5 Å². The summed E-state index contributed by atoms with van der Waals surface area (Å²) in [5.41, 5.74) is 1.20. The zero-order chi connectivity index (χ0) is 14.5. The van der Waals surface area contributed by atoms with E-state index in [-0.39, 0.29) is 0 Å². The molecule has 3 nitrogen and oxygen atoms in total. The minimum absolute atomic E-state index is 0.348. The molecular weight excluding hydrogens is 280 g/mol. The summed E-state index contributed by atoms with van der Waals surface area (Å²) in [6.07, 6.45) is 11.4. The number of pyridine rings is 1. The van der Waals surface area contributed by atoms with Crippen LogP contribution in [0, 0.1) is 5.92 Å². The molecule has 2 atom stereocenters. The molecule has 0 N–H and O–H groups in total. The number of amides is 1. The Morgan fingerprint density at radius 3 is 3.00 bits per heavy atom. The normalized spacial score (nSPS) is 25.4. The van der Waals surface area contributed by atoms with Gasteiger partial charge in [0.05, 0.1) is 5.75 Å². The van der Waals surface area contributed by atoms with E-state index in [4.69, 9.17) is 0 Å². The van der Waals surface area contributed by atoms with Gasteiger partial charge in [0.1, 0.15) is 0 Å². The molecule has 4 heteroatoms. The summed E-state index contributed by atoms with van der Waals surface area (Å²) in [6.45, 7) is 0.980. The number of rotatable bonds is 4. The number of hydrogen-bond acceptors (Lipinski definition) is 3. The lowest BCUT2D eigenvalue weighted by Gasteiger charge is -2.44. The van der Waals surface area contributed by atoms with E-state index < -0.39 is 0 Å². The Morgan fingerprint density at radius 1 is 1.29 bits per heavy atom. The Morgan fingerprint density at radius 2 is 2.14 bits per heavy atom. The van der Waals surface area contributed by atoms with Crippen LogP contribution in [0.25, 0.3) is 0 Å². The van der Waals surface area contributed by atoms with E-state index in [9.17, 15) is 4.79 Å². The summed E-state index contributed by atoms with van der Waals surface area (Å²) >= 11 is 1.72. The first-order valence-corrected chi connectivity index (χ1v) is 9.26. The third-order valence-electron chi connectivity index (χ3n) is 4.78. The molecule has 1 saturated heterocycles. The molecule has 1 aromatic rings. The van der Waals surface area contributed by atoms with E-state index in [1.807, 2.05) is 12.3 Å². The fraction of sp³-hybridized carbons (Fsp3) is 0.647. The molecule has 114 valence electrons. The lowest BCUT2D eigenvalue weighted by atomic mass is 9.78. The van der Waals surface area contributed by atoms with Crippen molar-refractivity contribution in [2.24, 2.45) is 5.92 Å². The first kappa shape index (κ1) is 14.9. The van der Waals surface area contributed by atoms with Gasteiger partial charge in [0.15, 0.2) is 0 Å². The fourth-order valence-electron chi connectivity index (χ4n) is 3.76. The molecule has 1 aromatic heterocycles. The molecule has 2 aliphatic rings. The highest BCUT2D eigenvalue weighted by Crippen LogP contribution is 2.35. The van der Waals surface area contributed by atoms with Crippen LogP contribution >= 0.6 is 11.8 Å². The maximum Gasteiger partial charge on any atom is 0.232 e. The first-order valence-electron chi connectivity index (χ1n) is 8.11. The van der Waals surface area contributed by atoms with Crippen molar-refractivity contribution in [3.05, 3.63) is 30.1 Å². The van der Waals surface area contributed by atoms with Crippen LogP contribution < -0.4 is 0 Å². The van der Waals surface area contributed by atoms with Crippen LogP contribution in [0.5, 0.6) is 0 Å². The molecule has 0 bridgehead atoms. The van der Waals surface area contributed by atoms with E-state index in [1.54, 1.807) is 18.0 Å². The second-order valence-electron chi connectivity index (χ2n) is 6.20. The molecule has 0 aromatic carbocycles. The fourth-order valence-corrected chi connectivity index (χ4v) is 4.61. The van der Waals surface area contributed by atoms with Crippen LogP contribution in [0.2, 0.25) is 0 Å². The van der Waals surface area contributed by atoms with Gasteiger partial charge in [0.25, 0.3) is 0 Å². The summed E-state index contributed by atoms with van der Waals surface area (Å²) < 4.78 is 0. The number of thioether (sulfide) groups is 1. The topological polar surface area (TPSA) is 33.2 Å². The zero-order valence-corrected chi connectivity index (χ0v) is 13.4. The molecule has 1 saturated carbocycles. The molecule has 0 spiro atoms. The molecular formula is C17H24N2OS. The van der Waals surface area contributed by atoms with Crippen LogP contribution in [0.4, 0.5) is 0 Å². The van der Waals surface area contributed by atoms with Crippen LogP contribution in [-0.2, 0) is 10.5 Å². The van der Waals surface area contributed by atoms with E-state index in [0.717, 1.165) is 18.2 Å². The molecule has 3 rings (SSSR count). The second kappa shape index (κ2) is 7.30. The number of likely N-dealkylation sites (tertiary alicyclic amines) is 1. The maximum absolute atomic E-state index is 12.5. The first-order chi connectivity index (χ1) is 10.3. The van der Waals surface area contributed by atoms with E-state index in [0.29, 0.717) is 17.7 Å². The number of nitrogens with zero attached hydrogens (tertiary/aromatic N) is 2. The molecule has 21 heavy (non-hydrogen) atoms. The van der Waals surface area contributed by atoms with Crippen LogP contribution in [0.1, 0.15) is 44.1 Å². The van der Waals surface area contributed by atoms with Gasteiger partial charge in [-0.1, -0.05) is 18.9 Å². The molecule has 0 unspecified atom stereocenters. The van der Waals surface area contributed by atoms with Crippen molar-refractivity contribution >= 4 is 17.7 Å². The summed E-state index contributed by atoms with van der Waals surface area (Å²) in [5, 5.41) is 0. The number of carbonyl (C=O) groups excluding carboxylic acids is 1. The van der Waals surface area contributed by atoms with Gasteiger partial charge in [-0.25, -0.2) is 0 Å². The summed E-state index contributed by atoms with van der Waals surface area (Å²) in [7, 11) is 0. The van der Waals surface area contributed by atoms with E-state index >= 15 is 0 Å². The minimum atomic E-state index is 0.348. The Bertz CT molecular complexity index is 463. The number of fused-ring (bicyclic) bond motifs is 1. The number of aromatic nitrogens is 1. The highest BCUT2D eigenvalue weighted by molar-refractivity contribution is 7.99. The quantitative estimate of drug-likeness (QED) is 0.853. The Labute approximate surface area is 131 Å². The van der Waals surface area contributed by atoms with Gasteiger partial charge < -0.3 is 4.90 Å². The smallest absolute Gasteiger partial charge is 0.232 e. The highest BCUT2D eigenvalue weighted by Gasteiger charge is 2.35. The van der Waals surface area contributed by atoms with Crippen molar-refractivity contribution in [1.29, 1.82) is 0 Å². The Balaban J connectivity index is 1.50. The average Bonchev–Trinajstić information content (AvgIpc) is 2.55. The molecule has 1 aliphatic carbocycles. The van der Waals surface area contributed by atoms with Gasteiger partial charge in [0, 0.05) is 30.7 Å². The SMILES string of the molecule is O=C(CSCc1cccnc1)N1CCC[C@@H]2CCCC[C@H]21. The molecule has 1 aliphatic heterocycles. The lowest BCUT2D eigenvalue weighted by Crippen LogP contribution is -2.50. The summed E-state index contributed by atoms with van der Waals surface area (Å²) in [5.74, 6) is 2.61. The largest absolute Gasteiger partial charge is 0.339 e. The van der Waals surface area contributed by atoms with Gasteiger partial charge in [-0.2, -0.15) is 0 Å². The van der Waals surface area contributed by atoms with E-state index in [2.05, 4.69) is 16.0 Å². The highest BCUT2D eigenvalue weighted by atomic mass is 32.2. The summed E-state index contributed by atoms with van der Waals surface area (Å²) in [6, 6.07) is 4.57. The average molecular weight is 304 g/mol. The monoisotopic (exact) mass is 304 g/mol. The Hall–Kier alpha value is -1.03. The zero-order valence-electron chi connectivity index (χ0n) is 12.5. The van der Waals surface area contributed by atoms with Crippen molar-refractivity contribution in [3.8, 4) is 0 Å². The van der Waals surface area contributed by atoms with Crippen LogP contribution in [-0.4, -0.2) is 34.1 Å². The minimum Gasteiger partial charge on any atom is -0.339 e. The second-order valence-corrected chi connectivity index (χ2v) is 7.18. The molecule has 2 heterocycles. The Kier molecular flexibility index (Phi) is 5.17. The van der Waals surface area contributed by atoms with Gasteiger partial charge in [-0.15, -0.1) is 11.8 Å². The van der Waals surface area contributed by atoms with Crippen molar-refractivity contribution in [2.75, 3.05) is 12.3 Å². The third-order valence-corrected chi connectivity index (χ3v) is 5.77. The van der Waals surface area contributed by atoms with Crippen molar-refractivity contribution in [1.82, 2.24) is 9.88 Å². The number of piperidine rings is 1. The predicted octanol–water partition coefficient (Wildman–Crippen LogP) is 3.50. The van der Waals surface area contributed by atoms with Gasteiger partial charge >= 0.3 is 0 Å². The van der Waals surface area contributed by atoms with Crippen LogP contribution in [0.3, 0.4) is 0 Å². The predicted molar refractivity (Wildman–Crippen MR) is 87.1 cm³/mol.